The van der Waals surface area contributed by atoms with Gasteiger partial charge in [0.15, 0.2) is 6.04 Å². The van der Waals surface area contributed by atoms with Crippen molar-refractivity contribution < 1.29 is 19.4 Å². The summed E-state index contributed by atoms with van der Waals surface area (Å²) in [5, 5.41) is 9.65. The molecule has 2 aromatic rings. The van der Waals surface area contributed by atoms with Crippen molar-refractivity contribution in [3.63, 3.8) is 0 Å². The van der Waals surface area contributed by atoms with Crippen LogP contribution >= 0.6 is 0 Å². The van der Waals surface area contributed by atoms with Crippen LogP contribution in [-0.4, -0.2) is 65.3 Å². The number of amides is 1. The standard InChI is InChI=1S/C22H24N2O4/c1-23-13-11-22(12-14-23)24(19(15-28-22)21(26)27)20(25)18-9-7-17(8-10-18)16-5-3-2-4-6-16/h2-10,19H,11-15H2,1H3,(H,26,27). The summed E-state index contributed by atoms with van der Waals surface area (Å²) < 4.78 is 5.95. The number of benzene rings is 2. The number of hydrogen-bond acceptors (Lipinski definition) is 4. The van der Waals surface area contributed by atoms with Crippen molar-refractivity contribution in [1.82, 2.24) is 9.80 Å². The zero-order chi connectivity index (χ0) is 19.7. The second-order valence-corrected chi connectivity index (χ2v) is 7.53. The van der Waals surface area contributed by atoms with Crippen LogP contribution in [0.15, 0.2) is 54.6 Å². The van der Waals surface area contributed by atoms with Gasteiger partial charge in [-0.3, -0.25) is 9.69 Å². The number of carboxylic acids is 1. The summed E-state index contributed by atoms with van der Waals surface area (Å²) in [7, 11) is 2.02. The van der Waals surface area contributed by atoms with Crippen LogP contribution in [0.2, 0.25) is 0 Å². The Hall–Kier alpha value is -2.70. The number of carbonyl (C=O) groups is 2. The molecule has 1 unspecified atom stereocenters. The molecule has 1 atom stereocenters. The van der Waals surface area contributed by atoms with Crippen LogP contribution in [0.1, 0.15) is 23.2 Å². The van der Waals surface area contributed by atoms with E-state index in [0.717, 1.165) is 24.2 Å². The summed E-state index contributed by atoms with van der Waals surface area (Å²) in [6.45, 7) is 1.57. The second kappa shape index (κ2) is 7.37. The van der Waals surface area contributed by atoms with E-state index in [1.807, 2.05) is 49.5 Å². The molecule has 28 heavy (non-hydrogen) atoms. The van der Waals surface area contributed by atoms with Gasteiger partial charge in [-0.2, -0.15) is 0 Å². The molecule has 6 nitrogen and oxygen atoms in total. The molecule has 0 aromatic heterocycles. The molecule has 1 spiro atoms. The summed E-state index contributed by atoms with van der Waals surface area (Å²) in [6, 6.07) is 16.3. The molecule has 2 aliphatic rings. The largest absolute Gasteiger partial charge is 0.480 e. The number of rotatable bonds is 3. The third kappa shape index (κ3) is 3.30. The fourth-order valence-electron chi connectivity index (χ4n) is 4.10. The fraction of sp³-hybridized carbons (Fsp3) is 0.364. The van der Waals surface area contributed by atoms with Crippen molar-refractivity contribution in [2.24, 2.45) is 0 Å². The van der Waals surface area contributed by atoms with Gasteiger partial charge < -0.3 is 14.7 Å². The van der Waals surface area contributed by atoms with E-state index in [-0.39, 0.29) is 12.5 Å². The van der Waals surface area contributed by atoms with E-state index < -0.39 is 17.7 Å². The van der Waals surface area contributed by atoms with Crippen LogP contribution in [0, 0.1) is 0 Å². The zero-order valence-corrected chi connectivity index (χ0v) is 15.9. The minimum atomic E-state index is -1.02. The lowest BCUT2D eigenvalue weighted by atomic mass is 9.96. The fourth-order valence-corrected chi connectivity index (χ4v) is 4.10. The monoisotopic (exact) mass is 380 g/mol. The predicted octanol–water partition coefficient (Wildman–Crippen LogP) is 2.70. The lowest BCUT2D eigenvalue weighted by Crippen LogP contribution is -2.57. The first-order valence-electron chi connectivity index (χ1n) is 9.55. The van der Waals surface area contributed by atoms with E-state index in [0.29, 0.717) is 18.4 Å². The number of piperidine rings is 1. The lowest BCUT2D eigenvalue weighted by Gasteiger charge is -2.43. The van der Waals surface area contributed by atoms with E-state index in [1.54, 1.807) is 12.1 Å². The number of aliphatic carboxylic acids is 1. The summed E-state index contributed by atoms with van der Waals surface area (Å²) in [4.78, 5) is 28.8. The van der Waals surface area contributed by atoms with Crippen molar-refractivity contribution in [2.45, 2.75) is 24.6 Å². The average Bonchev–Trinajstić information content (AvgIpc) is 3.10. The molecule has 2 saturated heterocycles. The van der Waals surface area contributed by atoms with Gasteiger partial charge in [0, 0.05) is 31.5 Å². The first-order valence-corrected chi connectivity index (χ1v) is 9.55. The van der Waals surface area contributed by atoms with Crippen molar-refractivity contribution in [3.8, 4) is 11.1 Å². The maximum Gasteiger partial charge on any atom is 0.328 e. The molecule has 4 rings (SSSR count). The summed E-state index contributed by atoms with van der Waals surface area (Å²) in [6.07, 6.45) is 1.22. The molecule has 6 heteroatoms. The Morgan fingerprint density at radius 2 is 1.61 bits per heavy atom. The van der Waals surface area contributed by atoms with E-state index in [4.69, 9.17) is 4.74 Å². The average molecular weight is 380 g/mol. The van der Waals surface area contributed by atoms with E-state index in [2.05, 4.69) is 4.90 Å². The van der Waals surface area contributed by atoms with Gasteiger partial charge in [0.05, 0.1) is 6.61 Å². The number of carboxylic acid groups (broad SMARTS) is 1. The molecule has 2 heterocycles. The Morgan fingerprint density at radius 1 is 1.00 bits per heavy atom. The van der Waals surface area contributed by atoms with Crippen molar-refractivity contribution >= 4 is 11.9 Å². The van der Waals surface area contributed by atoms with Crippen LogP contribution in [-0.2, 0) is 9.53 Å². The van der Waals surface area contributed by atoms with Gasteiger partial charge >= 0.3 is 5.97 Å². The number of hydrogen-bond donors (Lipinski definition) is 1. The van der Waals surface area contributed by atoms with E-state index in [9.17, 15) is 14.7 Å². The SMILES string of the molecule is CN1CCC2(CC1)OCC(C(=O)O)N2C(=O)c1ccc(-c2ccccc2)cc1. The third-order valence-corrected chi connectivity index (χ3v) is 5.77. The number of ether oxygens (including phenoxy) is 1. The van der Waals surface area contributed by atoms with Gasteiger partial charge in [-0.05, 0) is 30.3 Å². The minimum absolute atomic E-state index is 0.0346. The highest BCUT2D eigenvalue weighted by atomic mass is 16.5. The molecule has 2 fully saturated rings. The molecule has 2 aliphatic heterocycles. The Bertz CT molecular complexity index is 858. The first-order chi connectivity index (χ1) is 13.5. The van der Waals surface area contributed by atoms with Crippen molar-refractivity contribution in [1.29, 1.82) is 0 Å². The van der Waals surface area contributed by atoms with Crippen LogP contribution < -0.4 is 0 Å². The minimum Gasteiger partial charge on any atom is -0.480 e. The molecule has 0 saturated carbocycles. The number of likely N-dealkylation sites (tertiary alicyclic amines) is 1. The van der Waals surface area contributed by atoms with Crippen LogP contribution in [0.25, 0.3) is 11.1 Å². The molecule has 1 amide bonds. The topological polar surface area (TPSA) is 70.1 Å². The van der Waals surface area contributed by atoms with Crippen molar-refractivity contribution in [2.75, 3.05) is 26.7 Å². The van der Waals surface area contributed by atoms with Gasteiger partial charge in [0.25, 0.3) is 5.91 Å². The van der Waals surface area contributed by atoms with Gasteiger partial charge in [-0.1, -0.05) is 42.5 Å². The normalized spacial score (nSPS) is 21.8. The molecule has 2 aromatic carbocycles. The quantitative estimate of drug-likeness (QED) is 0.887. The molecular weight excluding hydrogens is 356 g/mol. The molecular formula is C22H24N2O4. The highest BCUT2D eigenvalue weighted by Gasteiger charge is 2.53. The predicted molar refractivity (Wildman–Crippen MR) is 105 cm³/mol. The van der Waals surface area contributed by atoms with Crippen LogP contribution in [0.3, 0.4) is 0 Å². The summed E-state index contributed by atoms with van der Waals surface area (Å²) in [5.74, 6) is -1.31. The Morgan fingerprint density at radius 3 is 2.21 bits per heavy atom. The Kier molecular flexibility index (Phi) is 4.91. The molecule has 146 valence electrons. The maximum absolute atomic E-state index is 13.3. The summed E-state index contributed by atoms with van der Waals surface area (Å²) >= 11 is 0. The van der Waals surface area contributed by atoms with Crippen molar-refractivity contribution in [3.05, 3.63) is 60.2 Å². The van der Waals surface area contributed by atoms with E-state index >= 15 is 0 Å². The Balaban J connectivity index is 1.63. The third-order valence-electron chi connectivity index (χ3n) is 5.77. The smallest absolute Gasteiger partial charge is 0.328 e. The lowest BCUT2D eigenvalue weighted by molar-refractivity contribution is -0.143. The molecule has 1 N–H and O–H groups in total. The second-order valence-electron chi connectivity index (χ2n) is 7.53. The van der Waals surface area contributed by atoms with Gasteiger partial charge in [-0.15, -0.1) is 0 Å². The van der Waals surface area contributed by atoms with Gasteiger partial charge in [0.2, 0.25) is 0 Å². The maximum atomic E-state index is 13.3. The highest BCUT2D eigenvalue weighted by Crippen LogP contribution is 2.38. The number of carbonyl (C=O) groups excluding carboxylic acids is 1. The molecule has 0 radical (unpaired) electrons. The van der Waals surface area contributed by atoms with Crippen LogP contribution in [0.5, 0.6) is 0 Å². The van der Waals surface area contributed by atoms with Crippen LogP contribution in [0.4, 0.5) is 0 Å². The van der Waals surface area contributed by atoms with Gasteiger partial charge in [-0.25, -0.2) is 4.79 Å². The highest BCUT2D eigenvalue weighted by molar-refractivity contribution is 5.97. The zero-order valence-electron chi connectivity index (χ0n) is 15.9. The van der Waals surface area contributed by atoms with Gasteiger partial charge in [0.1, 0.15) is 5.72 Å². The molecule has 0 aliphatic carbocycles. The molecule has 0 bridgehead atoms. The van der Waals surface area contributed by atoms with E-state index in [1.165, 1.54) is 4.90 Å². The summed E-state index contributed by atoms with van der Waals surface area (Å²) in [5.41, 5.74) is 1.74. The first kappa shape index (κ1) is 18.7. The number of nitrogens with zero attached hydrogens (tertiary/aromatic N) is 2. The Labute approximate surface area is 164 Å².